The Morgan fingerprint density at radius 1 is 1.47 bits per heavy atom. The first kappa shape index (κ1) is 11.1. The van der Waals surface area contributed by atoms with Crippen LogP contribution in [0.2, 0.25) is 5.02 Å². The minimum absolute atomic E-state index is 0.128. The third-order valence-corrected chi connectivity index (χ3v) is 3.66. The molecule has 0 aromatic heterocycles. The molecule has 0 saturated carbocycles. The molecular weight excluding hydrogens is 279 g/mol. The van der Waals surface area contributed by atoms with Crippen LogP contribution in [0, 0.1) is 0 Å². The van der Waals surface area contributed by atoms with Crippen molar-refractivity contribution in [2.24, 2.45) is 0 Å². The minimum atomic E-state index is -0.128. The minimum Gasteiger partial charge on any atom is -0.373 e. The summed E-state index contributed by atoms with van der Waals surface area (Å²) in [4.78, 5) is 11.3. The molecule has 0 spiro atoms. The fourth-order valence-corrected chi connectivity index (χ4v) is 2.05. The number of rotatable bonds is 1. The van der Waals surface area contributed by atoms with Gasteiger partial charge in [-0.25, -0.2) is 0 Å². The molecule has 15 heavy (non-hydrogen) atoms. The van der Waals surface area contributed by atoms with E-state index in [4.69, 9.17) is 16.3 Å². The molecule has 1 saturated heterocycles. The molecule has 2 nitrogen and oxygen atoms in total. The van der Waals surface area contributed by atoms with Crippen LogP contribution in [0.15, 0.2) is 22.7 Å². The van der Waals surface area contributed by atoms with Crippen LogP contribution in [-0.4, -0.2) is 12.4 Å². The highest BCUT2D eigenvalue weighted by Gasteiger charge is 2.21. The lowest BCUT2D eigenvalue weighted by atomic mass is 10.0. The van der Waals surface area contributed by atoms with E-state index in [-0.39, 0.29) is 11.9 Å². The molecular formula is C11H10BrClO2. The van der Waals surface area contributed by atoms with Gasteiger partial charge in [-0.3, -0.25) is 4.79 Å². The van der Waals surface area contributed by atoms with E-state index in [0.717, 1.165) is 10.0 Å². The smallest absolute Gasteiger partial charge is 0.138 e. The molecule has 1 aromatic rings. The van der Waals surface area contributed by atoms with Crippen LogP contribution in [0.5, 0.6) is 0 Å². The number of ketones is 1. The number of hydrogen-bond donors (Lipinski definition) is 0. The third-order valence-electron chi connectivity index (χ3n) is 2.43. The first-order chi connectivity index (χ1) is 7.16. The summed E-state index contributed by atoms with van der Waals surface area (Å²) in [5.41, 5.74) is 0.969. The standard InChI is InChI=1S/C11H10BrClO2/c12-9-2-1-7(5-10(9)13)11-6-8(14)3-4-15-11/h1-2,5,11H,3-4,6H2. The molecule has 0 aliphatic carbocycles. The van der Waals surface area contributed by atoms with E-state index in [0.29, 0.717) is 24.5 Å². The Morgan fingerprint density at radius 3 is 2.93 bits per heavy atom. The van der Waals surface area contributed by atoms with Gasteiger partial charge in [0.2, 0.25) is 0 Å². The molecule has 80 valence electrons. The monoisotopic (exact) mass is 288 g/mol. The number of carbonyl (C=O) groups excluding carboxylic acids is 1. The predicted octanol–water partition coefficient (Wildman–Crippen LogP) is 3.52. The van der Waals surface area contributed by atoms with Crippen molar-refractivity contribution in [2.45, 2.75) is 18.9 Å². The van der Waals surface area contributed by atoms with Gasteiger partial charge < -0.3 is 4.74 Å². The fraction of sp³-hybridized carbons (Fsp3) is 0.364. The van der Waals surface area contributed by atoms with Crippen molar-refractivity contribution in [2.75, 3.05) is 6.61 Å². The Hall–Kier alpha value is -0.380. The summed E-state index contributed by atoms with van der Waals surface area (Å²) < 4.78 is 6.39. The normalized spacial score (nSPS) is 21.7. The molecule has 0 N–H and O–H groups in total. The van der Waals surface area contributed by atoms with Crippen LogP contribution in [0.4, 0.5) is 0 Å². The summed E-state index contributed by atoms with van der Waals surface area (Å²) in [6.07, 6.45) is 0.857. The van der Waals surface area contributed by atoms with Crippen molar-refractivity contribution < 1.29 is 9.53 Å². The van der Waals surface area contributed by atoms with E-state index in [2.05, 4.69) is 15.9 Å². The number of carbonyl (C=O) groups is 1. The van der Waals surface area contributed by atoms with E-state index in [9.17, 15) is 4.79 Å². The number of benzene rings is 1. The molecule has 1 heterocycles. The number of halogens is 2. The van der Waals surface area contributed by atoms with E-state index < -0.39 is 0 Å². The van der Waals surface area contributed by atoms with Crippen molar-refractivity contribution >= 4 is 33.3 Å². The van der Waals surface area contributed by atoms with E-state index in [1.54, 1.807) is 0 Å². The summed E-state index contributed by atoms with van der Waals surface area (Å²) in [6, 6.07) is 5.65. The van der Waals surface area contributed by atoms with Gasteiger partial charge in [0.25, 0.3) is 0 Å². The van der Waals surface area contributed by atoms with Crippen molar-refractivity contribution in [1.29, 1.82) is 0 Å². The molecule has 1 aliphatic rings. The predicted molar refractivity (Wildman–Crippen MR) is 62.1 cm³/mol. The zero-order valence-corrected chi connectivity index (χ0v) is 10.3. The number of ether oxygens (including phenoxy) is 1. The van der Waals surface area contributed by atoms with E-state index >= 15 is 0 Å². The highest BCUT2D eigenvalue weighted by atomic mass is 79.9. The molecule has 4 heteroatoms. The topological polar surface area (TPSA) is 26.3 Å². The Labute approximate surface area is 102 Å². The molecule has 1 unspecified atom stereocenters. The lowest BCUT2D eigenvalue weighted by Gasteiger charge is -2.22. The molecule has 2 rings (SSSR count). The molecule has 1 fully saturated rings. The quantitative estimate of drug-likeness (QED) is 0.790. The van der Waals surface area contributed by atoms with Crippen LogP contribution in [0.25, 0.3) is 0 Å². The average Bonchev–Trinajstić information content (AvgIpc) is 2.22. The molecule has 0 radical (unpaired) electrons. The summed E-state index contributed by atoms with van der Waals surface area (Å²) in [5.74, 6) is 0.255. The van der Waals surface area contributed by atoms with Crippen molar-refractivity contribution in [3.05, 3.63) is 33.3 Å². The second-order valence-corrected chi connectivity index (χ2v) is 4.79. The summed E-state index contributed by atoms with van der Waals surface area (Å²) in [6.45, 7) is 0.511. The van der Waals surface area contributed by atoms with Gasteiger partial charge in [-0.05, 0) is 33.6 Å². The largest absolute Gasteiger partial charge is 0.373 e. The molecule has 1 atom stereocenters. The maximum Gasteiger partial charge on any atom is 0.138 e. The van der Waals surface area contributed by atoms with Crippen molar-refractivity contribution in [3.63, 3.8) is 0 Å². The molecule has 1 aliphatic heterocycles. The fourth-order valence-electron chi connectivity index (χ4n) is 1.61. The Bertz CT molecular complexity index is 392. The highest BCUT2D eigenvalue weighted by Crippen LogP contribution is 2.31. The van der Waals surface area contributed by atoms with Gasteiger partial charge in [-0.1, -0.05) is 17.7 Å². The zero-order chi connectivity index (χ0) is 10.8. The second-order valence-electron chi connectivity index (χ2n) is 3.53. The van der Waals surface area contributed by atoms with Gasteiger partial charge in [0, 0.05) is 17.3 Å². The lowest BCUT2D eigenvalue weighted by molar-refractivity contribution is -0.128. The first-order valence-corrected chi connectivity index (χ1v) is 5.92. The van der Waals surface area contributed by atoms with Gasteiger partial charge >= 0.3 is 0 Å². The van der Waals surface area contributed by atoms with Gasteiger partial charge in [-0.2, -0.15) is 0 Å². The van der Waals surface area contributed by atoms with Gasteiger partial charge in [-0.15, -0.1) is 0 Å². The van der Waals surface area contributed by atoms with Crippen molar-refractivity contribution in [1.82, 2.24) is 0 Å². The van der Waals surface area contributed by atoms with Crippen molar-refractivity contribution in [3.8, 4) is 0 Å². The summed E-state index contributed by atoms with van der Waals surface area (Å²) in [7, 11) is 0. The van der Waals surface area contributed by atoms with Gasteiger partial charge in [0.1, 0.15) is 5.78 Å². The Kier molecular flexibility index (Phi) is 3.44. The first-order valence-electron chi connectivity index (χ1n) is 4.75. The number of Topliss-reactive ketones (excluding diaryl/α,β-unsaturated/α-hetero) is 1. The summed E-state index contributed by atoms with van der Waals surface area (Å²) >= 11 is 9.31. The molecule has 0 bridgehead atoms. The van der Waals surface area contributed by atoms with Crippen LogP contribution in [-0.2, 0) is 9.53 Å². The SMILES string of the molecule is O=C1CCOC(c2ccc(Br)c(Cl)c2)C1. The lowest BCUT2D eigenvalue weighted by Crippen LogP contribution is -2.19. The maximum atomic E-state index is 11.3. The van der Waals surface area contributed by atoms with Crippen LogP contribution in [0.1, 0.15) is 24.5 Å². The second kappa shape index (κ2) is 4.64. The third kappa shape index (κ3) is 2.60. The Balaban J connectivity index is 2.21. The van der Waals surface area contributed by atoms with Gasteiger partial charge in [0.15, 0.2) is 0 Å². The highest BCUT2D eigenvalue weighted by molar-refractivity contribution is 9.10. The summed E-state index contributed by atoms with van der Waals surface area (Å²) in [5, 5.41) is 0.647. The zero-order valence-electron chi connectivity index (χ0n) is 8.00. The van der Waals surface area contributed by atoms with Crippen LogP contribution in [0.3, 0.4) is 0 Å². The van der Waals surface area contributed by atoms with E-state index in [1.807, 2.05) is 18.2 Å². The Morgan fingerprint density at radius 2 is 2.27 bits per heavy atom. The van der Waals surface area contributed by atoms with E-state index in [1.165, 1.54) is 0 Å². The molecule has 0 amide bonds. The maximum absolute atomic E-state index is 11.3. The van der Waals surface area contributed by atoms with Crippen LogP contribution >= 0.6 is 27.5 Å². The average molecular weight is 290 g/mol. The van der Waals surface area contributed by atoms with Crippen LogP contribution < -0.4 is 0 Å². The molecule has 1 aromatic carbocycles. The van der Waals surface area contributed by atoms with Gasteiger partial charge in [0.05, 0.1) is 17.7 Å². The number of hydrogen-bond acceptors (Lipinski definition) is 2.